The number of fused-ring (bicyclic) bond motifs is 4. The Bertz CT molecular complexity index is 896. The zero-order chi connectivity index (χ0) is 20.5. The van der Waals surface area contributed by atoms with Crippen LogP contribution in [0.1, 0.15) is 47.6 Å². The van der Waals surface area contributed by atoms with Crippen LogP contribution in [0.2, 0.25) is 0 Å². The van der Waals surface area contributed by atoms with Crippen LogP contribution in [0.15, 0.2) is 48.5 Å². The fourth-order valence-corrected chi connectivity index (χ4v) is 5.87. The molecule has 0 bridgehead atoms. The number of piperidine rings is 2. The third kappa shape index (κ3) is 3.85. The fourth-order valence-electron chi connectivity index (χ4n) is 5.87. The zero-order valence-corrected chi connectivity index (χ0v) is 18.0. The van der Waals surface area contributed by atoms with Gasteiger partial charge in [-0.3, -0.25) is 4.90 Å². The van der Waals surface area contributed by atoms with E-state index in [-0.39, 0.29) is 6.03 Å². The summed E-state index contributed by atoms with van der Waals surface area (Å²) in [4.78, 5) is 18.0. The Morgan fingerprint density at radius 2 is 2.00 bits per heavy atom. The van der Waals surface area contributed by atoms with Crippen molar-refractivity contribution in [2.24, 2.45) is 5.92 Å². The molecular weight excluding hydrogens is 370 g/mol. The quantitative estimate of drug-likeness (QED) is 0.828. The monoisotopic (exact) mass is 403 g/mol. The maximum absolute atomic E-state index is 13.1. The molecule has 2 fully saturated rings. The van der Waals surface area contributed by atoms with Crippen molar-refractivity contribution in [1.29, 1.82) is 0 Å². The third-order valence-electron chi connectivity index (χ3n) is 7.42. The summed E-state index contributed by atoms with van der Waals surface area (Å²) in [6.45, 7) is 6.09. The SMILES string of the molecule is Cc1ccc2c(c1)[C@H]1C[C@H]3[C@H](CCCN3C(=O)NCCc3ccccc3)CN1CC2. The summed E-state index contributed by atoms with van der Waals surface area (Å²) < 4.78 is 0. The number of urea groups is 1. The molecule has 0 radical (unpaired) electrons. The highest BCUT2D eigenvalue weighted by Gasteiger charge is 2.43. The van der Waals surface area contributed by atoms with Crippen molar-refractivity contribution in [2.45, 2.75) is 51.1 Å². The molecule has 158 valence electrons. The van der Waals surface area contributed by atoms with Gasteiger partial charge in [0.1, 0.15) is 0 Å². The Morgan fingerprint density at radius 3 is 2.87 bits per heavy atom. The Kier molecular flexibility index (Phi) is 5.51. The minimum absolute atomic E-state index is 0.134. The number of amides is 2. The molecule has 3 aliphatic heterocycles. The van der Waals surface area contributed by atoms with Gasteiger partial charge in [0.05, 0.1) is 0 Å². The highest BCUT2D eigenvalue weighted by Crippen LogP contribution is 2.43. The normalized spacial score (nSPS) is 25.8. The highest BCUT2D eigenvalue weighted by molar-refractivity contribution is 5.74. The van der Waals surface area contributed by atoms with Crippen molar-refractivity contribution in [3.05, 3.63) is 70.8 Å². The van der Waals surface area contributed by atoms with Crippen LogP contribution in [0.5, 0.6) is 0 Å². The van der Waals surface area contributed by atoms with Crippen molar-refractivity contribution < 1.29 is 4.79 Å². The maximum Gasteiger partial charge on any atom is 0.317 e. The van der Waals surface area contributed by atoms with Gasteiger partial charge >= 0.3 is 6.03 Å². The van der Waals surface area contributed by atoms with E-state index in [4.69, 9.17) is 0 Å². The van der Waals surface area contributed by atoms with E-state index in [0.29, 0.717) is 24.5 Å². The number of benzene rings is 2. The molecule has 2 aromatic carbocycles. The van der Waals surface area contributed by atoms with Gasteiger partial charge in [-0.2, -0.15) is 0 Å². The number of carbonyl (C=O) groups excluding carboxylic acids is 1. The van der Waals surface area contributed by atoms with E-state index < -0.39 is 0 Å². The lowest BCUT2D eigenvalue weighted by Gasteiger charge is -2.52. The first kappa shape index (κ1) is 19.6. The summed E-state index contributed by atoms with van der Waals surface area (Å²) in [6.07, 6.45) is 5.50. The second-order valence-corrected chi connectivity index (χ2v) is 9.33. The van der Waals surface area contributed by atoms with Crippen LogP contribution in [0.25, 0.3) is 0 Å². The van der Waals surface area contributed by atoms with E-state index in [0.717, 1.165) is 45.3 Å². The smallest absolute Gasteiger partial charge is 0.317 e. The molecule has 2 aromatic rings. The molecule has 30 heavy (non-hydrogen) atoms. The molecule has 2 saturated heterocycles. The minimum atomic E-state index is 0.134. The molecule has 0 unspecified atom stereocenters. The van der Waals surface area contributed by atoms with Gasteiger partial charge in [-0.15, -0.1) is 0 Å². The van der Waals surface area contributed by atoms with E-state index in [1.54, 1.807) is 0 Å². The second-order valence-electron chi connectivity index (χ2n) is 9.33. The Hall–Kier alpha value is -2.33. The summed E-state index contributed by atoms with van der Waals surface area (Å²) in [5, 5.41) is 3.21. The van der Waals surface area contributed by atoms with Gasteiger partial charge in [0.2, 0.25) is 0 Å². The maximum atomic E-state index is 13.1. The summed E-state index contributed by atoms with van der Waals surface area (Å²) in [6, 6.07) is 18.3. The van der Waals surface area contributed by atoms with E-state index in [9.17, 15) is 4.79 Å². The number of likely N-dealkylation sites (tertiary alicyclic amines) is 1. The van der Waals surface area contributed by atoms with Gasteiger partial charge in [0.25, 0.3) is 0 Å². The zero-order valence-electron chi connectivity index (χ0n) is 18.0. The van der Waals surface area contributed by atoms with Gasteiger partial charge in [-0.05, 0) is 61.6 Å². The van der Waals surface area contributed by atoms with Crippen molar-refractivity contribution in [3.8, 4) is 0 Å². The van der Waals surface area contributed by atoms with Crippen LogP contribution < -0.4 is 5.32 Å². The summed E-state index contributed by atoms with van der Waals surface area (Å²) >= 11 is 0. The average Bonchev–Trinajstić information content (AvgIpc) is 2.78. The molecule has 0 saturated carbocycles. The average molecular weight is 404 g/mol. The number of rotatable bonds is 3. The second kappa shape index (κ2) is 8.43. The summed E-state index contributed by atoms with van der Waals surface area (Å²) in [5.74, 6) is 0.612. The van der Waals surface area contributed by atoms with E-state index >= 15 is 0 Å². The minimum Gasteiger partial charge on any atom is -0.338 e. The van der Waals surface area contributed by atoms with Crippen molar-refractivity contribution >= 4 is 6.03 Å². The van der Waals surface area contributed by atoms with Crippen LogP contribution in [-0.4, -0.2) is 48.1 Å². The topological polar surface area (TPSA) is 35.6 Å². The van der Waals surface area contributed by atoms with Gasteiger partial charge in [0, 0.05) is 38.3 Å². The van der Waals surface area contributed by atoms with E-state index in [1.807, 2.05) is 6.07 Å². The molecule has 5 rings (SSSR count). The molecule has 4 heteroatoms. The van der Waals surface area contributed by atoms with E-state index in [1.165, 1.54) is 28.7 Å². The Labute approximate surface area is 180 Å². The molecule has 1 N–H and O–H groups in total. The number of hydrogen-bond donors (Lipinski definition) is 1. The number of aryl methyl sites for hydroxylation is 1. The summed E-state index contributed by atoms with van der Waals surface area (Å²) in [7, 11) is 0. The van der Waals surface area contributed by atoms with Gasteiger partial charge in [0.15, 0.2) is 0 Å². The largest absolute Gasteiger partial charge is 0.338 e. The first-order chi connectivity index (χ1) is 14.7. The molecule has 4 nitrogen and oxygen atoms in total. The van der Waals surface area contributed by atoms with Crippen LogP contribution in [0, 0.1) is 12.8 Å². The van der Waals surface area contributed by atoms with Gasteiger partial charge in [-0.25, -0.2) is 4.79 Å². The van der Waals surface area contributed by atoms with Crippen LogP contribution in [0.3, 0.4) is 0 Å². The summed E-state index contributed by atoms with van der Waals surface area (Å²) in [5.41, 5.74) is 5.64. The van der Waals surface area contributed by atoms with Crippen LogP contribution >= 0.6 is 0 Å². The van der Waals surface area contributed by atoms with Crippen molar-refractivity contribution in [2.75, 3.05) is 26.2 Å². The molecule has 3 aliphatic rings. The Balaban J connectivity index is 1.28. The standard InChI is InChI=1S/C26H33N3O/c1-19-9-10-21-12-15-28-18-22-8-5-14-29(24(22)17-25(28)23(21)16-19)26(30)27-13-11-20-6-3-2-4-7-20/h2-4,6-7,9-10,16,22,24-25H,5,8,11-15,17-18H2,1H3,(H,27,30)/t22-,24+,25-/m1/s1. The Morgan fingerprint density at radius 1 is 1.13 bits per heavy atom. The lowest BCUT2D eigenvalue weighted by Crippen LogP contribution is -2.59. The third-order valence-corrected chi connectivity index (χ3v) is 7.42. The molecule has 3 atom stereocenters. The number of hydrogen-bond acceptors (Lipinski definition) is 2. The predicted molar refractivity (Wildman–Crippen MR) is 121 cm³/mol. The van der Waals surface area contributed by atoms with Crippen molar-refractivity contribution in [1.82, 2.24) is 15.1 Å². The number of carbonyl (C=O) groups is 1. The molecule has 0 aromatic heterocycles. The first-order valence-electron chi connectivity index (χ1n) is 11.6. The molecule has 2 amide bonds. The number of nitrogens with one attached hydrogen (secondary N) is 1. The molecule has 0 aliphatic carbocycles. The molecular formula is C26H33N3O. The van der Waals surface area contributed by atoms with Crippen LogP contribution in [-0.2, 0) is 12.8 Å². The lowest BCUT2D eigenvalue weighted by atomic mass is 9.76. The fraction of sp³-hybridized carbons (Fsp3) is 0.500. The predicted octanol–water partition coefficient (Wildman–Crippen LogP) is 4.33. The molecule has 3 heterocycles. The van der Waals surface area contributed by atoms with Gasteiger partial charge in [-0.1, -0.05) is 54.1 Å². The van der Waals surface area contributed by atoms with Crippen molar-refractivity contribution in [3.63, 3.8) is 0 Å². The molecule has 0 spiro atoms. The lowest BCUT2D eigenvalue weighted by molar-refractivity contribution is 0.00577. The highest BCUT2D eigenvalue weighted by atomic mass is 16.2. The van der Waals surface area contributed by atoms with Crippen LogP contribution in [0.4, 0.5) is 4.79 Å². The number of nitrogens with zero attached hydrogens (tertiary/aromatic N) is 2. The van der Waals surface area contributed by atoms with Gasteiger partial charge < -0.3 is 10.2 Å². The first-order valence-corrected chi connectivity index (χ1v) is 11.6. The van der Waals surface area contributed by atoms with E-state index in [2.05, 4.69) is 64.5 Å².